The van der Waals surface area contributed by atoms with Crippen LogP contribution in [-0.2, 0) is 9.47 Å². The topological polar surface area (TPSA) is 78.9 Å². The molecule has 0 aliphatic heterocycles. The molecule has 0 aliphatic carbocycles. The molecule has 0 radical (unpaired) electrons. The second-order valence-electron chi connectivity index (χ2n) is 11.5. The van der Waals surface area contributed by atoms with Gasteiger partial charge in [-0.15, -0.1) is 0 Å². The molecule has 0 aromatic heterocycles. The van der Waals surface area contributed by atoms with Gasteiger partial charge in [0.1, 0.15) is 11.6 Å². The van der Waals surface area contributed by atoms with E-state index in [1.807, 2.05) is 19.1 Å². The van der Waals surface area contributed by atoms with Crippen molar-refractivity contribution in [2.75, 3.05) is 0 Å². The van der Waals surface area contributed by atoms with Gasteiger partial charge in [0, 0.05) is 6.07 Å². The Kier molecular flexibility index (Phi) is 13.1. The predicted octanol–water partition coefficient (Wildman–Crippen LogP) is 9.46. The average Bonchev–Trinajstić information content (AvgIpc) is 3.02. The van der Waals surface area contributed by atoms with Crippen molar-refractivity contribution in [3.63, 3.8) is 0 Å². The van der Waals surface area contributed by atoms with Gasteiger partial charge in [0.2, 0.25) is 0 Å². The van der Waals surface area contributed by atoms with E-state index < -0.39 is 17.8 Å². The second-order valence-corrected chi connectivity index (χ2v) is 11.5. The number of hydrogen-bond acceptors (Lipinski definition) is 6. The van der Waals surface area contributed by atoms with Crippen LogP contribution >= 0.6 is 0 Å². The summed E-state index contributed by atoms with van der Waals surface area (Å²) in [5.41, 5.74) is 2.26. The molecule has 6 nitrogen and oxygen atoms in total. The van der Waals surface area contributed by atoms with Gasteiger partial charge in [-0.3, -0.25) is 0 Å². The molecule has 0 spiro atoms. The fraction of sp³-hybridized carbons (Fsp3) is 0.432. The molecule has 0 unspecified atom stereocenters. The van der Waals surface area contributed by atoms with E-state index in [1.165, 1.54) is 12.1 Å². The monoisotopic (exact) mass is 604 g/mol. The zero-order valence-corrected chi connectivity index (χ0v) is 26.7. The fourth-order valence-electron chi connectivity index (χ4n) is 5.26. The summed E-state index contributed by atoms with van der Waals surface area (Å²) in [6.07, 6.45) is 5.17. The number of carbonyl (C=O) groups excluding carboxylic acids is 3. The summed E-state index contributed by atoms with van der Waals surface area (Å²) in [6.45, 7) is 12.2. The van der Waals surface area contributed by atoms with Crippen molar-refractivity contribution in [3.05, 3.63) is 89.2 Å². The van der Waals surface area contributed by atoms with Crippen molar-refractivity contribution in [1.29, 1.82) is 0 Å². The van der Waals surface area contributed by atoms with Gasteiger partial charge < -0.3 is 14.2 Å². The molecule has 0 saturated heterocycles. The van der Waals surface area contributed by atoms with E-state index in [1.54, 1.807) is 43.3 Å². The van der Waals surface area contributed by atoms with E-state index in [0.717, 1.165) is 49.3 Å². The highest BCUT2D eigenvalue weighted by atomic mass is 19.1. The zero-order valence-electron chi connectivity index (χ0n) is 26.7. The standard InChI is InChI=1S/C37H45FO6/c1-7-26(8-2)21-24(5)42-35(39)30-15-11-28(12-16-30)29-13-17-31(18-14-29)36(40)44-32-19-20-33(34(38)23-32)37(41)43-25(6)22-27(9-3)10-4/h11-20,23-27H,7-10,21-22H2,1-6H3/t24-,25-/m1/s1. The van der Waals surface area contributed by atoms with Crippen molar-refractivity contribution in [3.8, 4) is 16.9 Å². The Morgan fingerprint density at radius 2 is 1.05 bits per heavy atom. The lowest BCUT2D eigenvalue weighted by atomic mass is 9.97. The lowest BCUT2D eigenvalue weighted by Gasteiger charge is -2.19. The van der Waals surface area contributed by atoms with Crippen LogP contribution in [0.2, 0.25) is 0 Å². The van der Waals surface area contributed by atoms with Crippen molar-refractivity contribution in [2.24, 2.45) is 11.8 Å². The summed E-state index contributed by atoms with van der Waals surface area (Å²) in [5, 5.41) is 0. The van der Waals surface area contributed by atoms with Crippen LogP contribution in [0.15, 0.2) is 66.7 Å². The number of carbonyl (C=O) groups is 3. The van der Waals surface area contributed by atoms with Gasteiger partial charge in [-0.2, -0.15) is 0 Å². The molecule has 0 bridgehead atoms. The van der Waals surface area contributed by atoms with Crippen molar-refractivity contribution >= 4 is 17.9 Å². The van der Waals surface area contributed by atoms with Crippen LogP contribution in [0.4, 0.5) is 4.39 Å². The first kappa shape index (κ1) is 34.5. The molecule has 3 rings (SSSR count). The zero-order chi connectivity index (χ0) is 32.2. The lowest BCUT2D eigenvalue weighted by Crippen LogP contribution is -2.19. The van der Waals surface area contributed by atoms with E-state index in [9.17, 15) is 18.8 Å². The molecule has 0 saturated carbocycles. The summed E-state index contributed by atoms with van der Waals surface area (Å²) in [4.78, 5) is 37.8. The Morgan fingerprint density at radius 1 is 0.614 bits per heavy atom. The van der Waals surface area contributed by atoms with E-state index in [4.69, 9.17) is 14.2 Å². The SMILES string of the molecule is CCC(CC)C[C@@H](C)OC(=O)c1ccc(-c2ccc(C(=O)Oc3ccc(C(=O)O[C@H](C)CC(CC)CC)c(F)c3)cc2)cc1. The van der Waals surface area contributed by atoms with Crippen molar-refractivity contribution in [2.45, 2.75) is 92.3 Å². The molecular weight excluding hydrogens is 559 g/mol. The summed E-state index contributed by atoms with van der Waals surface area (Å²) in [6, 6.07) is 17.5. The molecule has 0 fully saturated rings. The molecule has 3 aromatic carbocycles. The summed E-state index contributed by atoms with van der Waals surface area (Å²) < 4.78 is 31.2. The van der Waals surface area contributed by atoms with E-state index in [2.05, 4.69) is 27.7 Å². The molecule has 7 heteroatoms. The Bertz CT molecular complexity index is 1370. The molecule has 2 atom stereocenters. The third kappa shape index (κ3) is 9.76. The molecular formula is C37H45FO6. The highest BCUT2D eigenvalue weighted by Gasteiger charge is 2.20. The molecule has 3 aromatic rings. The maximum Gasteiger partial charge on any atom is 0.343 e. The minimum absolute atomic E-state index is 0.0186. The molecule has 44 heavy (non-hydrogen) atoms. The second kappa shape index (κ2) is 16.7. The van der Waals surface area contributed by atoms with Gasteiger partial charge >= 0.3 is 17.9 Å². The number of halogens is 1. The van der Waals surface area contributed by atoms with Crippen LogP contribution in [0.5, 0.6) is 5.75 Å². The number of ether oxygens (including phenoxy) is 3. The van der Waals surface area contributed by atoms with Crippen LogP contribution in [0.1, 0.15) is 111 Å². The van der Waals surface area contributed by atoms with Crippen molar-refractivity contribution in [1.82, 2.24) is 0 Å². The van der Waals surface area contributed by atoms with Crippen LogP contribution in [0.25, 0.3) is 11.1 Å². The van der Waals surface area contributed by atoms with Crippen molar-refractivity contribution < 1.29 is 33.0 Å². The minimum atomic E-state index is -0.821. The Morgan fingerprint density at radius 3 is 1.48 bits per heavy atom. The number of benzene rings is 3. The molecule has 0 amide bonds. The summed E-state index contributed by atoms with van der Waals surface area (Å²) in [5.74, 6) is -1.62. The largest absolute Gasteiger partial charge is 0.459 e. The highest BCUT2D eigenvalue weighted by Crippen LogP contribution is 2.24. The van der Waals surface area contributed by atoms with Gasteiger partial charge in [-0.25, -0.2) is 18.8 Å². The molecule has 0 aliphatic rings. The van der Waals surface area contributed by atoms with Crippen LogP contribution in [0.3, 0.4) is 0 Å². The molecule has 0 heterocycles. The minimum Gasteiger partial charge on any atom is -0.459 e. The normalized spacial score (nSPS) is 12.6. The van der Waals surface area contributed by atoms with E-state index in [-0.39, 0.29) is 35.1 Å². The molecule has 0 N–H and O–H groups in total. The summed E-state index contributed by atoms with van der Waals surface area (Å²) >= 11 is 0. The smallest absolute Gasteiger partial charge is 0.343 e. The third-order valence-electron chi connectivity index (χ3n) is 8.20. The first-order valence-corrected chi connectivity index (χ1v) is 15.7. The van der Waals surface area contributed by atoms with Gasteiger partial charge in [-0.05, 0) is 86.1 Å². The average molecular weight is 605 g/mol. The van der Waals surface area contributed by atoms with Crippen LogP contribution in [0, 0.1) is 17.7 Å². The Balaban J connectivity index is 1.58. The quantitative estimate of drug-likeness (QED) is 0.127. The van der Waals surface area contributed by atoms with E-state index >= 15 is 0 Å². The van der Waals surface area contributed by atoms with Crippen LogP contribution < -0.4 is 4.74 Å². The van der Waals surface area contributed by atoms with Crippen LogP contribution in [-0.4, -0.2) is 30.1 Å². The maximum atomic E-state index is 14.7. The molecule has 236 valence electrons. The number of esters is 3. The first-order valence-electron chi connectivity index (χ1n) is 15.7. The summed E-state index contributed by atoms with van der Waals surface area (Å²) in [7, 11) is 0. The maximum absolute atomic E-state index is 14.7. The van der Waals surface area contributed by atoms with E-state index in [0.29, 0.717) is 23.8 Å². The van der Waals surface area contributed by atoms with Gasteiger partial charge in [0.05, 0.1) is 28.9 Å². The third-order valence-corrected chi connectivity index (χ3v) is 8.20. The predicted molar refractivity (Wildman–Crippen MR) is 170 cm³/mol. The highest BCUT2D eigenvalue weighted by molar-refractivity contribution is 5.93. The van der Waals surface area contributed by atoms with Gasteiger partial charge in [0.15, 0.2) is 0 Å². The lowest BCUT2D eigenvalue weighted by molar-refractivity contribution is 0.0272. The number of hydrogen-bond donors (Lipinski definition) is 0. The Labute approximate surface area is 260 Å². The fourth-order valence-corrected chi connectivity index (χ4v) is 5.26. The first-order chi connectivity index (χ1) is 21.1. The van der Waals surface area contributed by atoms with Gasteiger partial charge in [-0.1, -0.05) is 77.6 Å². The van der Waals surface area contributed by atoms with Gasteiger partial charge in [0.25, 0.3) is 0 Å². The number of rotatable bonds is 15. The Hall–Kier alpha value is -4.00.